The number of aromatic nitrogens is 3. The average molecular weight is 336 g/mol. The third-order valence-electron chi connectivity index (χ3n) is 4.85. The topological polar surface area (TPSA) is 83.0 Å². The van der Waals surface area contributed by atoms with E-state index in [0.717, 1.165) is 35.0 Å². The van der Waals surface area contributed by atoms with E-state index in [4.69, 9.17) is 10.5 Å². The molecule has 2 N–H and O–H groups in total. The molecule has 1 saturated carbocycles. The highest BCUT2D eigenvalue weighted by Crippen LogP contribution is 2.43. The molecule has 1 fully saturated rings. The zero-order valence-corrected chi connectivity index (χ0v) is 14.1. The number of carbonyl (C=O) groups is 1. The van der Waals surface area contributed by atoms with Gasteiger partial charge in [-0.2, -0.15) is 0 Å². The first-order valence-electron chi connectivity index (χ1n) is 8.52. The number of benzene rings is 1. The second-order valence-electron chi connectivity index (χ2n) is 6.35. The first-order valence-corrected chi connectivity index (χ1v) is 8.52. The monoisotopic (exact) mass is 336 g/mol. The minimum atomic E-state index is -0.104. The van der Waals surface area contributed by atoms with Crippen molar-refractivity contribution >= 4 is 22.8 Å². The van der Waals surface area contributed by atoms with Gasteiger partial charge in [0.2, 0.25) is 0 Å². The van der Waals surface area contributed by atoms with Gasteiger partial charge >= 0.3 is 5.97 Å². The Labute approximate surface area is 145 Å². The Hall–Kier alpha value is -2.89. The van der Waals surface area contributed by atoms with Gasteiger partial charge in [0.25, 0.3) is 0 Å². The Kier molecular flexibility index (Phi) is 3.87. The van der Waals surface area contributed by atoms with Gasteiger partial charge in [-0.25, -0.2) is 9.97 Å². The van der Waals surface area contributed by atoms with E-state index in [2.05, 4.69) is 20.7 Å². The number of carbonyl (C=O) groups excluding carboxylic acids is 1. The lowest BCUT2D eigenvalue weighted by molar-refractivity contribution is -0.152. The normalized spacial score (nSPS) is 19.6. The van der Waals surface area contributed by atoms with Crippen molar-refractivity contribution in [1.29, 1.82) is 0 Å². The third kappa shape index (κ3) is 2.63. The smallest absolute Gasteiger partial charge is 0.309 e. The van der Waals surface area contributed by atoms with Crippen LogP contribution in [0.1, 0.15) is 25.8 Å². The Morgan fingerprint density at radius 2 is 2.04 bits per heavy atom. The highest BCUT2D eigenvalue weighted by Gasteiger charge is 2.37. The first-order chi connectivity index (χ1) is 12.2. The lowest BCUT2D eigenvalue weighted by Crippen LogP contribution is -2.33. The highest BCUT2D eigenvalue weighted by atomic mass is 16.5. The van der Waals surface area contributed by atoms with Crippen LogP contribution in [0.25, 0.3) is 22.2 Å². The largest absolute Gasteiger partial charge is 0.466 e. The number of hydrogen-bond acceptors (Lipinski definition) is 5. The average Bonchev–Trinajstić information content (AvgIpc) is 2.96. The molecule has 6 heteroatoms. The molecular formula is C19H20N4O2. The molecule has 128 valence electrons. The maximum atomic E-state index is 11.9. The Bertz CT molecular complexity index is 914. The Morgan fingerprint density at radius 3 is 2.76 bits per heavy atom. The molecule has 25 heavy (non-hydrogen) atoms. The van der Waals surface area contributed by atoms with Crippen LogP contribution in [-0.2, 0) is 9.53 Å². The fourth-order valence-corrected chi connectivity index (χ4v) is 3.49. The number of ether oxygens (including phenoxy) is 1. The molecule has 2 heterocycles. The van der Waals surface area contributed by atoms with Crippen LogP contribution in [0.4, 0.5) is 5.82 Å². The van der Waals surface area contributed by atoms with E-state index in [1.54, 1.807) is 0 Å². The summed E-state index contributed by atoms with van der Waals surface area (Å²) in [4.78, 5) is 20.5. The summed E-state index contributed by atoms with van der Waals surface area (Å²) < 4.78 is 7.25. The van der Waals surface area contributed by atoms with Crippen LogP contribution in [0.5, 0.6) is 0 Å². The summed E-state index contributed by atoms with van der Waals surface area (Å²) in [5.74, 6) is 0.346. The number of fused-ring (bicyclic) bond motifs is 1. The predicted octanol–water partition coefficient (Wildman–Crippen LogP) is 3.19. The molecular weight excluding hydrogens is 316 g/mol. The van der Waals surface area contributed by atoms with E-state index in [0.29, 0.717) is 12.4 Å². The van der Waals surface area contributed by atoms with Gasteiger partial charge in [0.05, 0.1) is 17.9 Å². The van der Waals surface area contributed by atoms with Crippen molar-refractivity contribution in [3.63, 3.8) is 0 Å². The lowest BCUT2D eigenvalue weighted by Gasteiger charge is -2.34. The first kappa shape index (κ1) is 15.6. The molecule has 0 aliphatic heterocycles. The standard InChI is InChI=1S/C19H20N4O2/c1-2-25-19(24)13-8-14(9-13)23-10-15(12-6-4-3-5-7-12)16-17(20)21-11-22-18(16)23/h3-7,10-11,13-14H,2,8-9H2,1H3,(H2,20,21,22). The highest BCUT2D eigenvalue weighted by molar-refractivity contribution is 6.00. The quantitative estimate of drug-likeness (QED) is 0.740. The van der Waals surface area contributed by atoms with Crippen LogP contribution in [-0.4, -0.2) is 27.1 Å². The summed E-state index contributed by atoms with van der Waals surface area (Å²) >= 11 is 0. The molecule has 1 aromatic carbocycles. The number of nitrogens with two attached hydrogens (primary N) is 1. The predicted molar refractivity (Wildman–Crippen MR) is 95.8 cm³/mol. The molecule has 0 radical (unpaired) electrons. The molecule has 2 aromatic heterocycles. The van der Waals surface area contributed by atoms with Crippen LogP contribution in [0.2, 0.25) is 0 Å². The number of nitrogens with zero attached hydrogens (tertiary/aromatic N) is 3. The fraction of sp³-hybridized carbons (Fsp3) is 0.316. The zero-order chi connectivity index (χ0) is 17.4. The summed E-state index contributed by atoms with van der Waals surface area (Å²) in [5, 5.41) is 0.869. The number of rotatable bonds is 4. The van der Waals surface area contributed by atoms with E-state index in [9.17, 15) is 4.79 Å². The molecule has 6 nitrogen and oxygen atoms in total. The number of anilines is 1. The SMILES string of the molecule is CCOC(=O)C1CC(n2cc(-c3ccccc3)c3c(N)ncnc32)C1. The molecule has 0 atom stereocenters. The maximum Gasteiger partial charge on any atom is 0.309 e. The summed E-state index contributed by atoms with van der Waals surface area (Å²) in [7, 11) is 0. The van der Waals surface area contributed by atoms with Gasteiger partial charge in [0.15, 0.2) is 0 Å². The summed E-state index contributed by atoms with van der Waals surface area (Å²) in [5.41, 5.74) is 9.06. The van der Waals surface area contributed by atoms with Crippen LogP contribution >= 0.6 is 0 Å². The molecule has 0 amide bonds. The maximum absolute atomic E-state index is 11.9. The minimum Gasteiger partial charge on any atom is -0.466 e. The van der Waals surface area contributed by atoms with E-state index < -0.39 is 0 Å². The van der Waals surface area contributed by atoms with Crippen molar-refractivity contribution in [2.45, 2.75) is 25.8 Å². The van der Waals surface area contributed by atoms with Gasteiger partial charge in [-0.15, -0.1) is 0 Å². The van der Waals surface area contributed by atoms with E-state index in [1.165, 1.54) is 6.33 Å². The van der Waals surface area contributed by atoms with Crippen molar-refractivity contribution < 1.29 is 9.53 Å². The fourth-order valence-electron chi connectivity index (χ4n) is 3.49. The molecule has 3 aromatic rings. The summed E-state index contributed by atoms with van der Waals surface area (Å²) in [6.45, 7) is 2.26. The van der Waals surface area contributed by atoms with Gasteiger partial charge in [-0.3, -0.25) is 4.79 Å². The molecule has 0 spiro atoms. The van der Waals surface area contributed by atoms with Gasteiger partial charge in [-0.1, -0.05) is 30.3 Å². The molecule has 1 aliphatic rings. The van der Waals surface area contributed by atoms with Crippen LogP contribution in [0, 0.1) is 5.92 Å². The van der Waals surface area contributed by atoms with Gasteiger partial charge < -0.3 is 15.0 Å². The van der Waals surface area contributed by atoms with E-state index in [-0.39, 0.29) is 17.9 Å². The van der Waals surface area contributed by atoms with Crippen molar-refractivity contribution in [1.82, 2.24) is 14.5 Å². The van der Waals surface area contributed by atoms with E-state index >= 15 is 0 Å². The van der Waals surface area contributed by atoms with Gasteiger partial charge in [0, 0.05) is 17.8 Å². The molecule has 0 saturated heterocycles. The number of nitrogen functional groups attached to an aromatic ring is 1. The van der Waals surface area contributed by atoms with Gasteiger partial charge in [-0.05, 0) is 25.3 Å². The minimum absolute atomic E-state index is 0.0261. The van der Waals surface area contributed by atoms with Crippen molar-refractivity contribution in [3.05, 3.63) is 42.9 Å². The van der Waals surface area contributed by atoms with Crippen molar-refractivity contribution in [2.75, 3.05) is 12.3 Å². The molecule has 0 unspecified atom stereocenters. The van der Waals surface area contributed by atoms with Crippen LogP contribution in [0.3, 0.4) is 0 Å². The lowest BCUT2D eigenvalue weighted by atomic mass is 9.80. The number of hydrogen-bond donors (Lipinski definition) is 1. The Balaban J connectivity index is 1.72. The molecule has 1 aliphatic carbocycles. The summed E-state index contributed by atoms with van der Waals surface area (Å²) in [6.07, 6.45) is 5.10. The molecule has 0 bridgehead atoms. The molecule has 4 rings (SSSR count). The van der Waals surface area contributed by atoms with Crippen molar-refractivity contribution in [3.8, 4) is 11.1 Å². The third-order valence-corrected chi connectivity index (χ3v) is 4.85. The second kappa shape index (κ2) is 6.20. The van der Waals surface area contributed by atoms with Crippen LogP contribution in [0.15, 0.2) is 42.9 Å². The zero-order valence-electron chi connectivity index (χ0n) is 14.1. The number of esters is 1. The Morgan fingerprint density at radius 1 is 1.28 bits per heavy atom. The second-order valence-corrected chi connectivity index (χ2v) is 6.35. The summed E-state index contributed by atoms with van der Waals surface area (Å²) in [6, 6.07) is 10.3. The van der Waals surface area contributed by atoms with Crippen LogP contribution < -0.4 is 5.73 Å². The van der Waals surface area contributed by atoms with Crippen molar-refractivity contribution in [2.24, 2.45) is 5.92 Å². The van der Waals surface area contributed by atoms with E-state index in [1.807, 2.05) is 37.3 Å². The van der Waals surface area contributed by atoms with Gasteiger partial charge in [0.1, 0.15) is 17.8 Å².